The van der Waals surface area contributed by atoms with Crippen LogP contribution in [0.4, 0.5) is 0 Å². The Labute approximate surface area is 69.2 Å². The van der Waals surface area contributed by atoms with Gasteiger partial charge in [-0.3, -0.25) is 9.59 Å². The molecule has 5 nitrogen and oxygen atoms in total. The lowest BCUT2D eigenvalue weighted by Crippen LogP contribution is -2.55. The SMILES string of the molecule is N[C@H](C(=O)O)C1(C(=O)O)CCC1. The van der Waals surface area contributed by atoms with Crippen LogP contribution in [0, 0.1) is 5.41 Å². The average molecular weight is 173 g/mol. The van der Waals surface area contributed by atoms with E-state index in [1.54, 1.807) is 0 Å². The summed E-state index contributed by atoms with van der Waals surface area (Å²) in [6.07, 6.45) is 1.49. The van der Waals surface area contributed by atoms with Gasteiger partial charge in [0.2, 0.25) is 0 Å². The summed E-state index contributed by atoms with van der Waals surface area (Å²) in [7, 11) is 0. The van der Waals surface area contributed by atoms with Crippen LogP contribution >= 0.6 is 0 Å². The van der Waals surface area contributed by atoms with E-state index < -0.39 is 23.4 Å². The Balaban J connectivity index is 2.80. The third kappa shape index (κ3) is 1.06. The summed E-state index contributed by atoms with van der Waals surface area (Å²) < 4.78 is 0. The Bertz CT molecular complexity index is 221. The monoisotopic (exact) mass is 173 g/mol. The molecule has 1 rings (SSSR count). The summed E-state index contributed by atoms with van der Waals surface area (Å²) in [5.41, 5.74) is 4.07. The van der Waals surface area contributed by atoms with Crippen LogP contribution in [0.3, 0.4) is 0 Å². The largest absolute Gasteiger partial charge is 0.481 e. The molecule has 0 aliphatic heterocycles. The highest BCUT2D eigenvalue weighted by Gasteiger charge is 2.52. The normalized spacial score (nSPS) is 22.4. The van der Waals surface area contributed by atoms with Crippen molar-refractivity contribution in [3.8, 4) is 0 Å². The second kappa shape index (κ2) is 2.75. The highest BCUT2D eigenvalue weighted by molar-refractivity contribution is 5.86. The quantitative estimate of drug-likeness (QED) is 0.541. The van der Waals surface area contributed by atoms with Crippen molar-refractivity contribution in [3.63, 3.8) is 0 Å². The summed E-state index contributed by atoms with van der Waals surface area (Å²) in [5.74, 6) is -2.33. The minimum Gasteiger partial charge on any atom is -0.481 e. The van der Waals surface area contributed by atoms with Gasteiger partial charge in [0.05, 0.1) is 5.41 Å². The van der Waals surface area contributed by atoms with Gasteiger partial charge in [-0.1, -0.05) is 6.42 Å². The van der Waals surface area contributed by atoms with E-state index in [0.717, 1.165) is 6.42 Å². The molecular formula is C7H11NO4. The van der Waals surface area contributed by atoms with E-state index in [0.29, 0.717) is 12.8 Å². The lowest BCUT2D eigenvalue weighted by Gasteiger charge is -2.40. The summed E-state index contributed by atoms with van der Waals surface area (Å²) in [4.78, 5) is 21.2. The number of carboxylic acid groups (broad SMARTS) is 2. The zero-order valence-electron chi connectivity index (χ0n) is 6.49. The number of aliphatic carboxylic acids is 2. The highest BCUT2D eigenvalue weighted by atomic mass is 16.4. The molecule has 4 N–H and O–H groups in total. The maximum absolute atomic E-state index is 10.7. The Morgan fingerprint density at radius 1 is 1.33 bits per heavy atom. The van der Waals surface area contributed by atoms with Crippen molar-refractivity contribution in [2.24, 2.45) is 11.1 Å². The maximum atomic E-state index is 10.7. The van der Waals surface area contributed by atoms with E-state index in [4.69, 9.17) is 15.9 Å². The zero-order valence-corrected chi connectivity index (χ0v) is 6.49. The van der Waals surface area contributed by atoms with Crippen LogP contribution < -0.4 is 5.73 Å². The molecule has 0 heterocycles. The molecule has 0 aromatic heterocycles. The van der Waals surface area contributed by atoms with Crippen LogP contribution in [0.1, 0.15) is 19.3 Å². The molecule has 0 saturated heterocycles. The molecule has 0 spiro atoms. The molecular weight excluding hydrogens is 162 g/mol. The van der Waals surface area contributed by atoms with E-state index in [9.17, 15) is 9.59 Å². The molecule has 1 saturated carbocycles. The van der Waals surface area contributed by atoms with Crippen molar-refractivity contribution in [1.82, 2.24) is 0 Å². The molecule has 12 heavy (non-hydrogen) atoms. The number of rotatable bonds is 3. The lowest BCUT2D eigenvalue weighted by molar-refractivity contribution is -0.163. The first-order valence-electron chi connectivity index (χ1n) is 3.72. The molecule has 5 heteroatoms. The van der Waals surface area contributed by atoms with Gasteiger partial charge < -0.3 is 15.9 Å². The molecule has 68 valence electrons. The fourth-order valence-corrected chi connectivity index (χ4v) is 1.45. The molecule has 0 aromatic rings. The fraction of sp³-hybridized carbons (Fsp3) is 0.714. The summed E-state index contributed by atoms with van der Waals surface area (Å²) in [6.45, 7) is 0. The number of carbonyl (C=O) groups is 2. The van der Waals surface area contributed by atoms with Gasteiger partial charge in [0.15, 0.2) is 0 Å². The van der Waals surface area contributed by atoms with Crippen molar-refractivity contribution in [2.45, 2.75) is 25.3 Å². The predicted molar refractivity (Wildman–Crippen MR) is 39.5 cm³/mol. The molecule has 0 amide bonds. The van der Waals surface area contributed by atoms with Gasteiger partial charge in [0.1, 0.15) is 6.04 Å². The molecule has 0 radical (unpaired) electrons. The van der Waals surface area contributed by atoms with E-state index in [1.807, 2.05) is 0 Å². The van der Waals surface area contributed by atoms with E-state index in [1.165, 1.54) is 0 Å². The zero-order chi connectivity index (χ0) is 9.35. The minimum absolute atomic E-state index is 0.371. The van der Waals surface area contributed by atoms with Crippen molar-refractivity contribution in [1.29, 1.82) is 0 Å². The van der Waals surface area contributed by atoms with Gasteiger partial charge in [-0.05, 0) is 12.8 Å². The topological polar surface area (TPSA) is 101 Å². The van der Waals surface area contributed by atoms with E-state index in [-0.39, 0.29) is 0 Å². The molecule has 0 unspecified atom stereocenters. The fourth-order valence-electron chi connectivity index (χ4n) is 1.45. The summed E-state index contributed by atoms with van der Waals surface area (Å²) >= 11 is 0. The Morgan fingerprint density at radius 2 is 1.83 bits per heavy atom. The maximum Gasteiger partial charge on any atom is 0.321 e. The highest BCUT2D eigenvalue weighted by Crippen LogP contribution is 2.43. The summed E-state index contributed by atoms with van der Waals surface area (Å²) in [6, 6.07) is -1.27. The summed E-state index contributed by atoms with van der Waals surface area (Å²) in [5, 5.41) is 17.3. The molecule has 0 aromatic carbocycles. The van der Waals surface area contributed by atoms with Gasteiger partial charge in [0, 0.05) is 0 Å². The van der Waals surface area contributed by atoms with Crippen LogP contribution in [0.25, 0.3) is 0 Å². The van der Waals surface area contributed by atoms with Crippen LogP contribution in [-0.2, 0) is 9.59 Å². The number of hydrogen-bond donors (Lipinski definition) is 3. The van der Waals surface area contributed by atoms with Crippen LogP contribution in [-0.4, -0.2) is 28.2 Å². The third-order valence-electron chi connectivity index (χ3n) is 2.53. The second-order valence-corrected chi connectivity index (χ2v) is 3.13. The van der Waals surface area contributed by atoms with Gasteiger partial charge in [-0.2, -0.15) is 0 Å². The molecule has 0 bridgehead atoms. The first-order chi connectivity index (χ1) is 5.50. The predicted octanol–water partition coefficient (Wildman–Crippen LogP) is -0.347. The van der Waals surface area contributed by atoms with E-state index in [2.05, 4.69) is 0 Å². The average Bonchev–Trinajstić information content (AvgIpc) is 1.83. The third-order valence-corrected chi connectivity index (χ3v) is 2.53. The van der Waals surface area contributed by atoms with Crippen molar-refractivity contribution >= 4 is 11.9 Å². The Kier molecular flexibility index (Phi) is 2.06. The molecule has 1 aliphatic rings. The standard InChI is InChI=1S/C7H11NO4/c8-4(5(9)10)7(6(11)12)2-1-3-7/h4H,1-3,8H2,(H,9,10)(H,11,12)/t4-/m1/s1. The van der Waals surface area contributed by atoms with Gasteiger partial charge in [0.25, 0.3) is 0 Å². The van der Waals surface area contributed by atoms with Gasteiger partial charge in [-0.15, -0.1) is 0 Å². The van der Waals surface area contributed by atoms with Crippen molar-refractivity contribution in [3.05, 3.63) is 0 Å². The number of hydrogen-bond acceptors (Lipinski definition) is 3. The van der Waals surface area contributed by atoms with E-state index >= 15 is 0 Å². The smallest absolute Gasteiger partial charge is 0.321 e. The van der Waals surface area contributed by atoms with Gasteiger partial charge >= 0.3 is 11.9 Å². The first kappa shape index (κ1) is 8.99. The van der Waals surface area contributed by atoms with Crippen molar-refractivity contribution in [2.75, 3.05) is 0 Å². The first-order valence-corrected chi connectivity index (χ1v) is 3.72. The van der Waals surface area contributed by atoms with Crippen LogP contribution in [0.2, 0.25) is 0 Å². The Morgan fingerprint density at radius 3 is 1.92 bits per heavy atom. The second-order valence-electron chi connectivity index (χ2n) is 3.13. The number of nitrogens with two attached hydrogens (primary N) is 1. The molecule has 1 atom stereocenters. The van der Waals surface area contributed by atoms with Gasteiger partial charge in [-0.25, -0.2) is 0 Å². The minimum atomic E-state index is -1.27. The lowest BCUT2D eigenvalue weighted by atomic mass is 9.64. The molecule has 1 aliphatic carbocycles. The number of carboxylic acids is 2. The van der Waals surface area contributed by atoms with Crippen LogP contribution in [0.5, 0.6) is 0 Å². The van der Waals surface area contributed by atoms with Crippen LogP contribution in [0.15, 0.2) is 0 Å². The molecule has 1 fully saturated rings. The Hall–Kier alpha value is -1.10. The van der Waals surface area contributed by atoms with Crippen molar-refractivity contribution < 1.29 is 19.8 Å².